The van der Waals surface area contributed by atoms with Crippen molar-refractivity contribution in [2.45, 2.75) is 5.25 Å². The monoisotopic (exact) mass is 289 g/mol. The van der Waals surface area contributed by atoms with Crippen molar-refractivity contribution in [3.8, 4) is 0 Å². The third-order valence-electron chi connectivity index (χ3n) is 2.96. The first kappa shape index (κ1) is 14.3. The topological polar surface area (TPSA) is 66.7 Å². The first-order valence-corrected chi connectivity index (χ1v) is 8.00. The summed E-state index contributed by atoms with van der Waals surface area (Å²) in [5.74, 6) is 0. The quantitative estimate of drug-likeness (QED) is 0.534. The van der Waals surface area contributed by atoms with Crippen molar-refractivity contribution < 1.29 is 13.6 Å². The van der Waals surface area contributed by atoms with Gasteiger partial charge in [-0.3, -0.25) is 0 Å². The molecule has 0 spiro atoms. The predicted octanol–water partition coefficient (Wildman–Crippen LogP) is 2.65. The van der Waals surface area contributed by atoms with Crippen LogP contribution in [0.2, 0.25) is 0 Å². The highest BCUT2D eigenvalue weighted by Gasteiger charge is 2.30. The van der Waals surface area contributed by atoms with Crippen molar-refractivity contribution in [3.05, 3.63) is 71.8 Å². The van der Waals surface area contributed by atoms with E-state index in [1.165, 1.54) is 0 Å². The Balaban J connectivity index is 2.58. The van der Waals surface area contributed by atoms with E-state index in [4.69, 9.17) is 0 Å². The molecular weight excluding hydrogens is 274 g/mol. The zero-order chi connectivity index (χ0) is 14.6. The van der Waals surface area contributed by atoms with E-state index in [0.717, 1.165) is 6.26 Å². The Morgan fingerprint density at radius 1 is 1.00 bits per heavy atom. The number of benzene rings is 2. The summed E-state index contributed by atoms with van der Waals surface area (Å²) in [5.41, 5.74) is 1.28. The summed E-state index contributed by atoms with van der Waals surface area (Å²) in [6.07, 6.45) is 1.14. The largest absolute Gasteiger partial charge is 0.411 e. The summed E-state index contributed by atoms with van der Waals surface area (Å²) in [7, 11) is -3.47. The molecule has 0 saturated carbocycles. The van der Waals surface area contributed by atoms with Crippen LogP contribution in [-0.2, 0) is 9.84 Å². The smallest absolute Gasteiger partial charge is 0.160 e. The van der Waals surface area contributed by atoms with E-state index in [2.05, 4.69) is 5.16 Å². The number of nitrogens with zero attached hydrogens (tertiary/aromatic N) is 1. The van der Waals surface area contributed by atoms with Gasteiger partial charge in [-0.1, -0.05) is 65.8 Å². The zero-order valence-corrected chi connectivity index (χ0v) is 11.8. The first-order valence-electron chi connectivity index (χ1n) is 6.05. The van der Waals surface area contributed by atoms with Crippen LogP contribution >= 0.6 is 0 Å². The summed E-state index contributed by atoms with van der Waals surface area (Å²) in [5, 5.41) is 11.5. The molecule has 2 rings (SSSR count). The van der Waals surface area contributed by atoms with E-state index in [1.54, 1.807) is 54.6 Å². The summed E-state index contributed by atoms with van der Waals surface area (Å²) >= 11 is 0. The highest BCUT2D eigenvalue weighted by atomic mass is 32.2. The fourth-order valence-corrected chi connectivity index (χ4v) is 3.35. The second-order valence-electron chi connectivity index (χ2n) is 4.47. The minimum absolute atomic E-state index is 0.124. The minimum atomic E-state index is -3.47. The summed E-state index contributed by atoms with van der Waals surface area (Å²) < 4.78 is 24.2. The molecule has 1 unspecified atom stereocenters. The van der Waals surface area contributed by atoms with Crippen LogP contribution in [0.25, 0.3) is 0 Å². The molecule has 5 heteroatoms. The summed E-state index contributed by atoms with van der Waals surface area (Å²) in [4.78, 5) is 0. The van der Waals surface area contributed by atoms with Gasteiger partial charge >= 0.3 is 0 Å². The molecule has 104 valence electrons. The maximum atomic E-state index is 12.1. The van der Waals surface area contributed by atoms with Crippen LogP contribution in [0.5, 0.6) is 0 Å². The van der Waals surface area contributed by atoms with Crippen molar-refractivity contribution in [2.24, 2.45) is 5.16 Å². The normalized spacial score (nSPS) is 13.9. The molecule has 1 N–H and O–H groups in total. The van der Waals surface area contributed by atoms with Gasteiger partial charge in [0.2, 0.25) is 0 Å². The Morgan fingerprint density at radius 3 is 1.95 bits per heavy atom. The lowest BCUT2D eigenvalue weighted by Gasteiger charge is -2.17. The van der Waals surface area contributed by atoms with E-state index < -0.39 is 15.1 Å². The molecule has 0 aliphatic carbocycles. The Hall–Kier alpha value is -2.14. The van der Waals surface area contributed by atoms with Gasteiger partial charge < -0.3 is 5.21 Å². The fraction of sp³-hybridized carbons (Fsp3) is 0.133. The molecule has 0 saturated heterocycles. The van der Waals surface area contributed by atoms with Crippen molar-refractivity contribution in [1.29, 1.82) is 0 Å². The lowest BCUT2D eigenvalue weighted by atomic mass is 10.0. The van der Waals surface area contributed by atoms with Crippen LogP contribution in [-0.4, -0.2) is 25.6 Å². The SMILES string of the molecule is CS(=O)(=O)C(C(=NO)c1ccccc1)c1ccccc1. The van der Waals surface area contributed by atoms with Gasteiger partial charge in [0.15, 0.2) is 9.84 Å². The van der Waals surface area contributed by atoms with Crippen molar-refractivity contribution in [2.75, 3.05) is 6.26 Å². The Morgan fingerprint density at radius 2 is 1.50 bits per heavy atom. The van der Waals surface area contributed by atoms with Crippen LogP contribution in [0, 0.1) is 0 Å². The van der Waals surface area contributed by atoms with Crippen molar-refractivity contribution >= 4 is 15.5 Å². The van der Waals surface area contributed by atoms with E-state index in [1.807, 2.05) is 6.07 Å². The van der Waals surface area contributed by atoms with E-state index >= 15 is 0 Å². The van der Waals surface area contributed by atoms with Gasteiger partial charge in [-0.15, -0.1) is 0 Å². The van der Waals surface area contributed by atoms with Crippen LogP contribution in [0.4, 0.5) is 0 Å². The average Bonchev–Trinajstić information content (AvgIpc) is 2.45. The summed E-state index contributed by atoms with van der Waals surface area (Å²) in [6, 6.07) is 17.5. The zero-order valence-electron chi connectivity index (χ0n) is 11.0. The van der Waals surface area contributed by atoms with Crippen LogP contribution < -0.4 is 0 Å². The molecule has 0 heterocycles. The lowest BCUT2D eigenvalue weighted by Crippen LogP contribution is -2.22. The maximum Gasteiger partial charge on any atom is 0.160 e. The number of hydrogen-bond donors (Lipinski definition) is 1. The van der Waals surface area contributed by atoms with Gasteiger partial charge in [0.25, 0.3) is 0 Å². The molecule has 0 fully saturated rings. The van der Waals surface area contributed by atoms with Crippen molar-refractivity contribution in [1.82, 2.24) is 0 Å². The highest BCUT2D eigenvalue weighted by Crippen LogP contribution is 2.26. The number of rotatable bonds is 4. The molecule has 0 aliphatic heterocycles. The molecule has 0 amide bonds. The molecule has 20 heavy (non-hydrogen) atoms. The predicted molar refractivity (Wildman–Crippen MR) is 78.8 cm³/mol. The molecule has 0 aromatic heterocycles. The first-order chi connectivity index (χ1) is 9.54. The molecule has 1 atom stereocenters. The number of sulfone groups is 1. The average molecular weight is 289 g/mol. The Labute approximate surface area is 118 Å². The lowest BCUT2D eigenvalue weighted by molar-refractivity contribution is 0.318. The summed E-state index contributed by atoms with van der Waals surface area (Å²) in [6.45, 7) is 0. The van der Waals surface area contributed by atoms with Gasteiger partial charge in [-0.25, -0.2) is 8.42 Å². The second-order valence-corrected chi connectivity index (χ2v) is 6.60. The number of oxime groups is 1. The van der Waals surface area contributed by atoms with E-state index in [9.17, 15) is 13.6 Å². The van der Waals surface area contributed by atoms with E-state index in [-0.39, 0.29) is 5.71 Å². The van der Waals surface area contributed by atoms with Gasteiger partial charge in [0.05, 0.1) is 0 Å². The second kappa shape index (κ2) is 5.88. The van der Waals surface area contributed by atoms with Gasteiger partial charge in [0.1, 0.15) is 11.0 Å². The molecule has 0 aliphatic rings. The van der Waals surface area contributed by atoms with Gasteiger partial charge in [0, 0.05) is 11.8 Å². The number of hydrogen-bond acceptors (Lipinski definition) is 4. The molecule has 4 nitrogen and oxygen atoms in total. The van der Waals surface area contributed by atoms with Crippen LogP contribution in [0.15, 0.2) is 65.8 Å². The fourth-order valence-electron chi connectivity index (χ4n) is 2.11. The maximum absolute atomic E-state index is 12.1. The van der Waals surface area contributed by atoms with Gasteiger partial charge in [-0.05, 0) is 5.56 Å². The molecule has 2 aromatic carbocycles. The molecule has 0 radical (unpaired) electrons. The third kappa shape index (κ3) is 3.05. The Kier molecular flexibility index (Phi) is 4.20. The third-order valence-corrected chi connectivity index (χ3v) is 4.31. The minimum Gasteiger partial charge on any atom is -0.411 e. The van der Waals surface area contributed by atoms with E-state index in [0.29, 0.717) is 11.1 Å². The standard InChI is InChI=1S/C15H15NO3S/c1-20(18,19)15(13-10-6-3-7-11-13)14(16-17)12-8-4-2-5-9-12/h2-11,15,17H,1H3. The van der Waals surface area contributed by atoms with Crippen LogP contribution in [0.3, 0.4) is 0 Å². The van der Waals surface area contributed by atoms with Crippen LogP contribution in [0.1, 0.15) is 16.4 Å². The molecular formula is C15H15NO3S. The van der Waals surface area contributed by atoms with Gasteiger partial charge in [-0.2, -0.15) is 0 Å². The molecule has 2 aromatic rings. The molecule has 0 bridgehead atoms. The van der Waals surface area contributed by atoms with Crippen molar-refractivity contribution in [3.63, 3.8) is 0 Å². The highest BCUT2D eigenvalue weighted by molar-refractivity contribution is 7.91. The Bertz CT molecular complexity index is 694.